The number of aromatic nitrogens is 2. The van der Waals surface area contributed by atoms with E-state index in [1.54, 1.807) is 11.3 Å². The minimum absolute atomic E-state index is 0.839. The van der Waals surface area contributed by atoms with Crippen molar-refractivity contribution in [1.29, 1.82) is 0 Å². The Morgan fingerprint density at radius 2 is 2.40 bits per heavy atom. The molecule has 2 aromatic rings. The molecule has 2 heterocycles. The van der Waals surface area contributed by atoms with Crippen LogP contribution in [0.4, 0.5) is 5.69 Å². The Morgan fingerprint density at radius 1 is 1.53 bits per heavy atom. The summed E-state index contributed by atoms with van der Waals surface area (Å²) in [6.45, 7) is 5.90. The fourth-order valence-corrected chi connectivity index (χ4v) is 2.19. The average molecular weight is 221 g/mol. The van der Waals surface area contributed by atoms with Crippen molar-refractivity contribution in [3.8, 4) is 0 Å². The molecule has 0 aromatic carbocycles. The lowest BCUT2D eigenvalue weighted by Crippen LogP contribution is -2.07. The predicted molar refractivity (Wildman–Crippen MR) is 64.3 cm³/mol. The molecule has 0 aliphatic heterocycles. The standard InChI is InChI=1S/C11H15N3S/c1-3-14-11(6-9(2)13-14)7-12-10-4-5-15-8-10/h4-6,8,12H,3,7H2,1-2H3. The van der Waals surface area contributed by atoms with Crippen molar-refractivity contribution in [3.05, 3.63) is 34.3 Å². The molecule has 0 saturated heterocycles. The molecule has 3 nitrogen and oxygen atoms in total. The van der Waals surface area contributed by atoms with Crippen LogP contribution >= 0.6 is 11.3 Å². The van der Waals surface area contributed by atoms with Gasteiger partial charge in [0.2, 0.25) is 0 Å². The molecule has 0 fully saturated rings. The summed E-state index contributed by atoms with van der Waals surface area (Å²) in [5.74, 6) is 0. The van der Waals surface area contributed by atoms with Gasteiger partial charge in [-0.15, -0.1) is 0 Å². The second-order valence-corrected chi connectivity index (χ2v) is 4.24. The van der Waals surface area contributed by atoms with E-state index in [1.165, 1.54) is 11.4 Å². The van der Waals surface area contributed by atoms with E-state index in [0.717, 1.165) is 18.8 Å². The lowest BCUT2D eigenvalue weighted by Gasteiger charge is -2.05. The van der Waals surface area contributed by atoms with E-state index < -0.39 is 0 Å². The molecule has 0 radical (unpaired) electrons. The van der Waals surface area contributed by atoms with E-state index >= 15 is 0 Å². The quantitative estimate of drug-likeness (QED) is 0.860. The third kappa shape index (κ3) is 2.39. The zero-order valence-electron chi connectivity index (χ0n) is 9.03. The summed E-state index contributed by atoms with van der Waals surface area (Å²) in [5.41, 5.74) is 3.50. The van der Waals surface area contributed by atoms with Gasteiger partial charge in [-0.05, 0) is 31.4 Å². The van der Waals surface area contributed by atoms with Gasteiger partial charge in [0.25, 0.3) is 0 Å². The summed E-state index contributed by atoms with van der Waals surface area (Å²) in [6, 6.07) is 4.22. The predicted octanol–water partition coefficient (Wildman–Crippen LogP) is 2.89. The third-order valence-corrected chi connectivity index (χ3v) is 2.96. The molecule has 0 atom stereocenters. The van der Waals surface area contributed by atoms with E-state index in [0.29, 0.717) is 0 Å². The second-order valence-electron chi connectivity index (χ2n) is 3.46. The molecule has 1 N–H and O–H groups in total. The van der Waals surface area contributed by atoms with Crippen LogP contribution in [0.25, 0.3) is 0 Å². The Morgan fingerprint density at radius 3 is 3.07 bits per heavy atom. The van der Waals surface area contributed by atoms with Crippen LogP contribution in [0.3, 0.4) is 0 Å². The summed E-state index contributed by atoms with van der Waals surface area (Å²) >= 11 is 1.70. The molecule has 0 saturated carbocycles. The molecule has 2 aromatic heterocycles. The maximum Gasteiger partial charge on any atom is 0.0597 e. The average Bonchev–Trinajstić information content (AvgIpc) is 2.83. The monoisotopic (exact) mass is 221 g/mol. The number of nitrogens with zero attached hydrogens (tertiary/aromatic N) is 2. The highest BCUT2D eigenvalue weighted by Crippen LogP contribution is 2.13. The molecule has 4 heteroatoms. The van der Waals surface area contributed by atoms with Crippen molar-refractivity contribution < 1.29 is 0 Å². The third-order valence-electron chi connectivity index (χ3n) is 2.28. The van der Waals surface area contributed by atoms with Crippen molar-refractivity contribution in [2.75, 3.05) is 5.32 Å². The van der Waals surface area contributed by atoms with Crippen molar-refractivity contribution in [2.24, 2.45) is 0 Å². The highest BCUT2D eigenvalue weighted by molar-refractivity contribution is 7.08. The highest BCUT2D eigenvalue weighted by atomic mass is 32.1. The van der Waals surface area contributed by atoms with E-state index in [-0.39, 0.29) is 0 Å². The van der Waals surface area contributed by atoms with E-state index in [4.69, 9.17) is 0 Å². The van der Waals surface area contributed by atoms with Gasteiger partial charge >= 0.3 is 0 Å². The van der Waals surface area contributed by atoms with Crippen LogP contribution in [0.15, 0.2) is 22.9 Å². The molecule has 15 heavy (non-hydrogen) atoms. The van der Waals surface area contributed by atoms with Crippen molar-refractivity contribution in [3.63, 3.8) is 0 Å². The zero-order valence-corrected chi connectivity index (χ0v) is 9.84. The van der Waals surface area contributed by atoms with Gasteiger partial charge in [0, 0.05) is 17.6 Å². The first-order chi connectivity index (χ1) is 7.29. The summed E-state index contributed by atoms with van der Waals surface area (Å²) in [4.78, 5) is 0. The minimum Gasteiger partial charge on any atom is -0.379 e. The Hall–Kier alpha value is -1.29. The van der Waals surface area contributed by atoms with Crippen LogP contribution in [0.5, 0.6) is 0 Å². The van der Waals surface area contributed by atoms with Crippen molar-refractivity contribution in [2.45, 2.75) is 26.9 Å². The van der Waals surface area contributed by atoms with Crippen LogP contribution in [0, 0.1) is 6.92 Å². The molecule has 0 aliphatic rings. The number of rotatable bonds is 4. The van der Waals surface area contributed by atoms with Gasteiger partial charge in [0.15, 0.2) is 0 Å². The first kappa shape index (κ1) is 10.2. The molecule has 0 spiro atoms. The molecule has 0 aliphatic carbocycles. The number of nitrogens with one attached hydrogen (secondary N) is 1. The van der Waals surface area contributed by atoms with E-state index in [2.05, 4.69) is 40.2 Å². The van der Waals surface area contributed by atoms with Crippen LogP contribution < -0.4 is 5.32 Å². The SMILES string of the molecule is CCn1nc(C)cc1CNc1ccsc1. The van der Waals surface area contributed by atoms with Gasteiger partial charge in [0.05, 0.1) is 17.9 Å². The van der Waals surface area contributed by atoms with Gasteiger partial charge in [-0.3, -0.25) is 4.68 Å². The van der Waals surface area contributed by atoms with Gasteiger partial charge < -0.3 is 5.32 Å². The van der Waals surface area contributed by atoms with Crippen LogP contribution in [-0.2, 0) is 13.1 Å². The lowest BCUT2D eigenvalue weighted by molar-refractivity contribution is 0.623. The van der Waals surface area contributed by atoms with Gasteiger partial charge in [-0.2, -0.15) is 16.4 Å². The fourth-order valence-electron chi connectivity index (χ4n) is 1.57. The fraction of sp³-hybridized carbons (Fsp3) is 0.364. The molecule has 0 bridgehead atoms. The first-order valence-electron chi connectivity index (χ1n) is 5.09. The Labute approximate surface area is 93.7 Å². The molecule has 2 rings (SSSR count). The maximum atomic E-state index is 4.41. The van der Waals surface area contributed by atoms with Gasteiger partial charge in [0.1, 0.15) is 0 Å². The summed E-state index contributed by atoms with van der Waals surface area (Å²) in [7, 11) is 0. The molecular weight excluding hydrogens is 206 g/mol. The largest absolute Gasteiger partial charge is 0.379 e. The molecular formula is C11H15N3S. The number of anilines is 1. The summed E-state index contributed by atoms with van der Waals surface area (Å²) in [5, 5.41) is 12.0. The van der Waals surface area contributed by atoms with Crippen molar-refractivity contribution >= 4 is 17.0 Å². The summed E-state index contributed by atoms with van der Waals surface area (Å²) in [6.07, 6.45) is 0. The number of hydrogen-bond acceptors (Lipinski definition) is 3. The minimum atomic E-state index is 0.839. The second kappa shape index (κ2) is 4.49. The number of hydrogen-bond donors (Lipinski definition) is 1. The van der Waals surface area contributed by atoms with Crippen LogP contribution in [0.2, 0.25) is 0 Å². The molecule has 80 valence electrons. The molecule has 0 amide bonds. The Kier molecular flexibility index (Phi) is 3.06. The Balaban J connectivity index is 2.04. The van der Waals surface area contributed by atoms with E-state index in [9.17, 15) is 0 Å². The lowest BCUT2D eigenvalue weighted by atomic mass is 10.3. The van der Waals surface area contributed by atoms with Crippen molar-refractivity contribution in [1.82, 2.24) is 9.78 Å². The maximum absolute atomic E-state index is 4.41. The van der Waals surface area contributed by atoms with Crippen LogP contribution in [-0.4, -0.2) is 9.78 Å². The zero-order chi connectivity index (χ0) is 10.7. The van der Waals surface area contributed by atoms with Gasteiger partial charge in [-0.25, -0.2) is 0 Å². The van der Waals surface area contributed by atoms with E-state index in [1.807, 2.05) is 11.6 Å². The smallest absolute Gasteiger partial charge is 0.0597 e. The number of aryl methyl sites for hydroxylation is 2. The topological polar surface area (TPSA) is 29.9 Å². The Bertz CT molecular complexity index is 417. The highest BCUT2D eigenvalue weighted by Gasteiger charge is 2.03. The van der Waals surface area contributed by atoms with Gasteiger partial charge in [-0.1, -0.05) is 0 Å². The van der Waals surface area contributed by atoms with Crippen LogP contribution in [0.1, 0.15) is 18.3 Å². The molecule has 0 unspecified atom stereocenters. The summed E-state index contributed by atoms with van der Waals surface area (Å²) < 4.78 is 2.04. The number of thiophene rings is 1. The first-order valence-corrected chi connectivity index (χ1v) is 6.03. The normalized spacial score (nSPS) is 10.5.